The lowest BCUT2D eigenvalue weighted by molar-refractivity contribution is 0.0773. The molecule has 3 heterocycles. The summed E-state index contributed by atoms with van der Waals surface area (Å²) >= 11 is 0. The summed E-state index contributed by atoms with van der Waals surface area (Å²) < 4.78 is 0. The van der Waals surface area contributed by atoms with Crippen LogP contribution in [0.3, 0.4) is 0 Å². The van der Waals surface area contributed by atoms with Crippen molar-refractivity contribution >= 4 is 11.6 Å². The fourth-order valence-electron chi connectivity index (χ4n) is 4.96. The van der Waals surface area contributed by atoms with Crippen molar-refractivity contribution in [1.82, 2.24) is 9.80 Å². The van der Waals surface area contributed by atoms with Crippen LogP contribution >= 0.6 is 0 Å². The highest BCUT2D eigenvalue weighted by atomic mass is 16.2. The molecule has 1 atom stereocenters. The lowest BCUT2D eigenvalue weighted by Gasteiger charge is -2.50. The highest BCUT2D eigenvalue weighted by Crippen LogP contribution is 2.34. The van der Waals surface area contributed by atoms with Crippen LogP contribution in [0.5, 0.6) is 0 Å². The fourth-order valence-corrected chi connectivity index (χ4v) is 4.96. The van der Waals surface area contributed by atoms with Gasteiger partial charge in [0, 0.05) is 43.5 Å². The van der Waals surface area contributed by atoms with Crippen LogP contribution in [0.15, 0.2) is 54.6 Å². The molecule has 0 saturated carbocycles. The van der Waals surface area contributed by atoms with E-state index in [-0.39, 0.29) is 5.91 Å². The topological polar surface area (TPSA) is 26.8 Å². The Kier molecular flexibility index (Phi) is 6.19. The first-order chi connectivity index (χ1) is 14.2. The molecule has 2 aromatic carbocycles. The van der Waals surface area contributed by atoms with Gasteiger partial charge in [0.2, 0.25) is 0 Å². The Morgan fingerprint density at radius 3 is 2.17 bits per heavy atom. The molecule has 29 heavy (non-hydrogen) atoms. The second-order valence-electron chi connectivity index (χ2n) is 8.34. The summed E-state index contributed by atoms with van der Waals surface area (Å²) in [5.41, 5.74) is 3.35. The Morgan fingerprint density at radius 2 is 1.62 bits per heavy atom. The number of carbonyl (C=O) groups excluding carboxylic acids is 1. The lowest BCUT2D eigenvalue weighted by atomic mass is 9.82. The molecule has 3 saturated heterocycles. The number of nitrogens with zero attached hydrogens (tertiary/aromatic N) is 3. The third kappa shape index (κ3) is 4.32. The number of carbonyl (C=O) groups is 1. The van der Waals surface area contributed by atoms with E-state index >= 15 is 0 Å². The first kappa shape index (κ1) is 20.0. The number of rotatable bonds is 7. The van der Waals surface area contributed by atoms with Crippen LogP contribution in [0.2, 0.25) is 0 Å². The Bertz CT molecular complexity index is 793. The minimum Gasteiger partial charge on any atom is -0.363 e. The normalized spacial score (nSPS) is 23.0. The van der Waals surface area contributed by atoms with Crippen molar-refractivity contribution in [3.63, 3.8) is 0 Å². The summed E-state index contributed by atoms with van der Waals surface area (Å²) in [6, 6.07) is 19.6. The van der Waals surface area contributed by atoms with Gasteiger partial charge in [0.25, 0.3) is 5.91 Å². The van der Waals surface area contributed by atoms with Gasteiger partial charge in [-0.05, 0) is 75.5 Å². The second-order valence-corrected chi connectivity index (χ2v) is 8.34. The third-order valence-corrected chi connectivity index (χ3v) is 6.71. The smallest absolute Gasteiger partial charge is 0.253 e. The SMILES string of the molecule is CCN(CC)C(=O)c1ccc(N(Cc2ccccc2)[C@H]2CN3CCC2CC3)cc1. The van der Waals surface area contributed by atoms with Gasteiger partial charge >= 0.3 is 0 Å². The van der Waals surface area contributed by atoms with Crippen LogP contribution in [0, 0.1) is 5.92 Å². The summed E-state index contributed by atoms with van der Waals surface area (Å²) in [6.45, 7) is 10.1. The highest BCUT2D eigenvalue weighted by Gasteiger charge is 2.37. The standard InChI is InChI=1S/C25H33N3O/c1-3-27(4-2)25(29)22-10-12-23(13-11-22)28(18-20-8-6-5-7-9-20)24-19-26-16-14-21(24)15-17-26/h5-13,21,24H,3-4,14-19H2,1-2H3/t24-/m0/s1. The quantitative estimate of drug-likeness (QED) is 0.705. The number of hydrogen-bond donors (Lipinski definition) is 0. The monoisotopic (exact) mass is 391 g/mol. The van der Waals surface area contributed by atoms with Crippen molar-refractivity contribution in [1.29, 1.82) is 0 Å². The summed E-state index contributed by atoms with van der Waals surface area (Å²) in [6.07, 6.45) is 2.60. The Morgan fingerprint density at radius 1 is 0.966 bits per heavy atom. The average Bonchev–Trinajstić information content (AvgIpc) is 2.80. The first-order valence-corrected chi connectivity index (χ1v) is 11.1. The van der Waals surface area contributed by atoms with Crippen molar-refractivity contribution in [3.05, 3.63) is 65.7 Å². The molecule has 3 aliphatic rings. The zero-order valence-electron chi connectivity index (χ0n) is 17.8. The summed E-state index contributed by atoms with van der Waals surface area (Å²) in [7, 11) is 0. The van der Waals surface area contributed by atoms with Gasteiger partial charge in [-0.15, -0.1) is 0 Å². The Labute approximate surface area is 175 Å². The molecular weight excluding hydrogens is 358 g/mol. The van der Waals surface area contributed by atoms with E-state index in [9.17, 15) is 4.79 Å². The van der Waals surface area contributed by atoms with E-state index < -0.39 is 0 Å². The number of amides is 1. The molecule has 0 unspecified atom stereocenters. The van der Waals surface area contributed by atoms with Crippen molar-refractivity contribution in [2.75, 3.05) is 37.6 Å². The van der Waals surface area contributed by atoms with Gasteiger partial charge in [-0.25, -0.2) is 0 Å². The van der Waals surface area contributed by atoms with Crippen LogP contribution < -0.4 is 4.90 Å². The van der Waals surface area contributed by atoms with Crippen molar-refractivity contribution in [3.8, 4) is 0 Å². The zero-order chi connectivity index (χ0) is 20.2. The number of hydrogen-bond acceptors (Lipinski definition) is 3. The molecule has 4 heteroatoms. The van der Waals surface area contributed by atoms with Gasteiger partial charge in [-0.3, -0.25) is 4.79 Å². The lowest BCUT2D eigenvalue weighted by Crippen LogP contribution is -2.57. The fraction of sp³-hybridized carbons (Fsp3) is 0.480. The highest BCUT2D eigenvalue weighted by molar-refractivity contribution is 5.94. The Balaban J connectivity index is 1.60. The number of anilines is 1. The molecule has 2 bridgehead atoms. The van der Waals surface area contributed by atoms with Crippen LogP contribution in [-0.2, 0) is 6.54 Å². The molecule has 3 fully saturated rings. The van der Waals surface area contributed by atoms with Gasteiger partial charge in [0.1, 0.15) is 0 Å². The predicted octanol–water partition coefficient (Wildman–Crippen LogP) is 4.27. The van der Waals surface area contributed by atoms with Crippen LogP contribution in [0.4, 0.5) is 5.69 Å². The first-order valence-electron chi connectivity index (χ1n) is 11.1. The van der Waals surface area contributed by atoms with E-state index in [2.05, 4.69) is 52.3 Å². The maximum atomic E-state index is 12.7. The molecule has 3 aliphatic heterocycles. The van der Waals surface area contributed by atoms with E-state index in [0.29, 0.717) is 6.04 Å². The largest absolute Gasteiger partial charge is 0.363 e. The molecular formula is C25H33N3O. The average molecular weight is 392 g/mol. The summed E-state index contributed by atoms with van der Waals surface area (Å²) in [4.78, 5) is 19.8. The van der Waals surface area contributed by atoms with Crippen LogP contribution in [-0.4, -0.2) is 54.5 Å². The molecule has 0 aromatic heterocycles. The predicted molar refractivity (Wildman–Crippen MR) is 119 cm³/mol. The zero-order valence-corrected chi connectivity index (χ0v) is 17.8. The number of piperidine rings is 3. The maximum absolute atomic E-state index is 12.7. The molecule has 2 aromatic rings. The van der Waals surface area contributed by atoms with E-state index in [0.717, 1.165) is 37.7 Å². The van der Waals surface area contributed by atoms with E-state index in [1.165, 1.54) is 37.2 Å². The molecule has 0 aliphatic carbocycles. The van der Waals surface area contributed by atoms with Crippen molar-refractivity contribution in [2.24, 2.45) is 5.92 Å². The molecule has 0 spiro atoms. The van der Waals surface area contributed by atoms with Gasteiger partial charge in [-0.1, -0.05) is 30.3 Å². The summed E-state index contributed by atoms with van der Waals surface area (Å²) in [5, 5.41) is 0. The third-order valence-electron chi connectivity index (χ3n) is 6.71. The van der Waals surface area contributed by atoms with Gasteiger partial charge in [0.05, 0.1) is 0 Å². The molecule has 1 amide bonds. The second kappa shape index (κ2) is 9.00. The minimum atomic E-state index is 0.124. The van der Waals surface area contributed by atoms with Crippen LogP contribution in [0.1, 0.15) is 42.6 Å². The minimum absolute atomic E-state index is 0.124. The number of benzene rings is 2. The number of fused-ring (bicyclic) bond motifs is 3. The molecule has 5 rings (SSSR count). The molecule has 154 valence electrons. The maximum Gasteiger partial charge on any atom is 0.253 e. The molecule has 0 N–H and O–H groups in total. The van der Waals surface area contributed by atoms with Crippen molar-refractivity contribution in [2.45, 2.75) is 39.3 Å². The van der Waals surface area contributed by atoms with Gasteiger partial charge < -0.3 is 14.7 Å². The van der Waals surface area contributed by atoms with Crippen molar-refractivity contribution < 1.29 is 4.79 Å². The molecule has 0 radical (unpaired) electrons. The van der Waals surface area contributed by atoms with Gasteiger partial charge in [0.15, 0.2) is 0 Å². The Hall–Kier alpha value is -2.33. The van der Waals surface area contributed by atoms with Crippen LogP contribution in [0.25, 0.3) is 0 Å². The van der Waals surface area contributed by atoms with E-state index in [1.807, 2.05) is 30.9 Å². The van der Waals surface area contributed by atoms with Gasteiger partial charge in [-0.2, -0.15) is 0 Å². The molecule has 4 nitrogen and oxygen atoms in total. The summed E-state index contributed by atoms with van der Waals surface area (Å²) in [5.74, 6) is 0.889. The van der Waals surface area contributed by atoms with E-state index in [4.69, 9.17) is 0 Å². The van der Waals surface area contributed by atoms with E-state index in [1.54, 1.807) is 0 Å².